The number of fused-ring (bicyclic) bond motifs is 1. The van der Waals surface area contributed by atoms with Crippen LogP contribution in [0.1, 0.15) is 57.1 Å². The van der Waals surface area contributed by atoms with Gasteiger partial charge >= 0.3 is 0 Å². The summed E-state index contributed by atoms with van der Waals surface area (Å²) in [6.45, 7) is 4.76. The van der Waals surface area contributed by atoms with Gasteiger partial charge in [0.15, 0.2) is 0 Å². The van der Waals surface area contributed by atoms with Crippen LogP contribution in [0.25, 0.3) is 0 Å². The van der Waals surface area contributed by atoms with Crippen molar-refractivity contribution in [2.45, 2.75) is 63.4 Å². The van der Waals surface area contributed by atoms with E-state index in [1.807, 2.05) is 13.8 Å². The normalized spacial score (nSPS) is 18.5. The van der Waals surface area contributed by atoms with Gasteiger partial charge < -0.3 is 15.6 Å². The molecule has 1 saturated carbocycles. The van der Waals surface area contributed by atoms with Crippen LogP contribution in [0.15, 0.2) is 40.2 Å². The van der Waals surface area contributed by atoms with E-state index in [1.165, 1.54) is 10.7 Å². The van der Waals surface area contributed by atoms with Crippen LogP contribution in [0, 0.1) is 11.3 Å². The molecule has 2 aliphatic rings. The summed E-state index contributed by atoms with van der Waals surface area (Å²) in [5.41, 5.74) is 1.85. The molecule has 4 rings (SSSR count). The fraction of sp³-hybridized carbons (Fsp3) is 0.478. The molecule has 1 fully saturated rings. The van der Waals surface area contributed by atoms with Gasteiger partial charge in [-0.2, -0.15) is 4.31 Å². The van der Waals surface area contributed by atoms with Gasteiger partial charge in [0.1, 0.15) is 11.4 Å². The van der Waals surface area contributed by atoms with E-state index in [1.54, 1.807) is 30.5 Å². The Morgan fingerprint density at radius 3 is 2.69 bits per heavy atom. The molecule has 4 N–H and O–H groups in total. The summed E-state index contributed by atoms with van der Waals surface area (Å²) in [5.74, 6) is 0.203. The first-order chi connectivity index (χ1) is 15.3. The summed E-state index contributed by atoms with van der Waals surface area (Å²) in [5, 5.41) is 15.0. The molecule has 172 valence electrons. The zero-order chi connectivity index (χ0) is 22.9. The van der Waals surface area contributed by atoms with Crippen molar-refractivity contribution in [1.82, 2.24) is 9.29 Å². The Kier molecular flexibility index (Phi) is 6.39. The van der Waals surface area contributed by atoms with Crippen molar-refractivity contribution in [3.8, 4) is 0 Å². The lowest BCUT2D eigenvalue weighted by atomic mass is 9.95. The van der Waals surface area contributed by atoms with Crippen molar-refractivity contribution >= 4 is 27.2 Å². The monoisotopic (exact) mass is 457 g/mol. The second-order valence-electron chi connectivity index (χ2n) is 9.09. The topological polar surface area (TPSA) is 118 Å². The van der Waals surface area contributed by atoms with Gasteiger partial charge in [-0.15, -0.1) is 0 Å². The Balaban J connectivity index is 1.55. The molecule has 0 unspecified atom stereocenters. The quantitative estimate of drug-likeness (QED) is 0.389. The van der Waals surface area contributed by atoms with Gasteiger partial charge in [0, 0.05) is 31.0 Å². The van der Waals surface area contributed by atoms with Gasteiger partial charge in [-0.05, 0) is 48.6 Å². The van der Waals surface area contributed by atoms with E-state index >= 15 is 0 Å². The van der Waals surface area contributed by atoms with Crippen LogP contribution in [0.5, 0.6) is 0 Å². The molecule has 0 saturated heterocycles. The third kappa shape index (κ3) is 4.59. The number of H-pyrrole nitrogens is 1. The smallest absolute Gasteiger partial charge is 0.261 e. The predicted octanol–water partition coefficient (Wildman–Crippen LogP) is 3.72. The van der Waals surface area contributed by atoms with Crippen LogP contribution in [-0.2, 0) is 16.6 Å². The molecule has 2 heterocycles. The highest BCUT2D eigenvalue weighted by atomic mass is 32.2. The molecule has 2 aromatic rings. The number of anilines is 2. The molecule has 32 heavy (non-hydrogen) atoms. The molecule has 0 bridgehead atoms. The minimum atomic E-state index is -3.48. The molecule has 1 aromatic carbocycles. The molecule has 0 amide bonds. The van der Waals surface area contributed by atoms with Gasteiger partial charge in [0.05, 0.1) is 10.6 Å². The Labute approximate surface area is 189 Å². The molecule has 1 aromatic heterocycles. The number of rotatable bonds is 6. The molecule has 8 nitrogen and oxygen atoms in total. The Hall–Kier alpha value is -2.65. The number of hydrogen-bond acceptors (Lipinski definition) is 5. The van der Waals surface area contributed by atoms with E-state index < -0.39 is 10.0 Å². The van der Waals surface area contributed by atoms with E-state index in [9.17, 15) is 13.2 Å². The maximum atomic E-state index is 12.8. The average Bonchev–Trinajstić information content (AvgIpc) is 2.97. The zero-order valence-corrected chi connectivity index (χ0v) is 19.4. The van der Waals surface area contributed by atoms with E-state index in [4.69, 9.17) is 5.41 Å². The molecule has 0 spiro atoms. The first kappa shape index (κ1) is 22.5. The summed E-state index contributed by atoms with van der Waals surface area (Å²) in [4.78, 5) is 15.5. The molecular formula is C23H31N5O3S. The largest absolute Gasteiger partial charge is 0.382 e. The lowest BCUT2D eigenvalue weighted by Gasteiger charge is -2.25. The standard InChI is InChI=1S/C23H31N5O3S/c1-15(2)13-28-14-16-12-18(8-9-20(16)32(28,30)31)27-22(24)21-19(10-11-25-23(21)29)26-17-6-4-3-5-7-17/h8-12,15,17H,3-7,13-14H2,1-2H3,(H2,24,27)(H2,25,26,29). The fourth-order valence-corrected chi connectivity index (χ4v) is 6.31. The van der Waals surface area contributed by atoms with E-state index in [-0.39, 0.29) is 22.9 Å². The number of pyridine rings is 1. The van der Waals surface area contributed by atoms with Crippen molar-refractivity contribution in [3.63, 3.8) is 0 Å². The predicted molar refractivity (Wildman–Crippen MR) is 127 cm³/mol. The van der Waals surface area contributed by atoms with Crippen LogP contribution in [0.3, 0.4) is 0 Å². The van der Waals surface area contributed by atoms with Gasteiger partial charge in [0.25, 0.3) is 5.56 Å². The van der Waals surface area contributed by atoms with Crippen LogP contribution in [0.2, 0.25) is 0 Å². The number of benzene rings is 1. The van der Waals surface area contributed by atoms with Crippen LogP contribution < -0.4 is 16.2 Å². The number of nitrogens with one attached hydrogen (secondary N) is 4. The van der Waals surface area contributed by atoms with Gasteiger partial charge in [-0.1, -0.05) is 33.1 Å². The van der Waals surface area contributed by atoms with Crippen molar-refractivity contribution < 1.29 is 8.42 Å². The highest BCUT2D eigenvalue weighted by Crippen LogP contribution is 2.33. The van der Waals surface area contributed by atoms with E-state index in [0.717, 1.165) is 25.7 Å². The molecule has 0 atom stereocenters. The summed E-state index contributed by atoms with van der Waals surface area (Å²) < 4.78 is 27.0. The van der Waals surface area contributed by atoms with Crippen LogP contribution >= 0.6 is 0 Å². The second kappa shape index (κ2) is 9.07. The number of aromatic nitrogens is 1. The third-order valence-corrected chi connectivity index (χ3v) is 7.95. The first-order valence-electron chi connectivity index (χ1n) is 11.2. The van der Waals surface area contributed by atoms with Crippen molar-refractivity contribution in [2.24, 2.45) is 5.92 Å². The van der Waals surface area contributed by atoms with E-state index in [0.29, 0.717) is 41.0 Å². The van der Waals surface area contributed by atoms with Gasteiger partial charge in [-0.3, -0.25) is 10.2 Å². The average molecular weight is 458 g/mol. The summed E-state index contributed by atoms with van der Waals surface area (Å²) in [6, 6.07) is 7.08. The number of amidine groups is 1. The van der Waals surface area contributed by atoms with Crippen molar-refractivity contribution in [2.75, 3.05) is 17.2 Å². The summed E-state index contributed by atoms with van der Waals surface area (Å²) in [6.07, 6.45) is 7.27. The van der Waals surface area contributed by atoms with Gasteiger partial charge in [0.2, 0.25) is 10.0 Å². The minimum absolute atomic E-state index is 0.0231. The van der Waals surface area contributed by atoms with E-state index in [2.05, 4.69) is 15.6 Å². The number of aromatic amines is 1. The highest BCUT2D eigenvalue weighted by molar-refractivity contribution is 7.89. The maximum absolute atomic E-state index is 12.8. The molecule has 1 aliphatic heterocycles. The second-order valence-corrected chi connectivity index (χ2v) is 11.0. The number of hydrogen-bond donors (Lipinski definition) is 4. The first-order valence-corrected chi connectivity index (χ1v) is 12.7. The van der Waals surface area contributed by atoms with Crippen molar-refractivity contribution in [3.05, 3.63) is 51.9 Å². The maximum Gasteiger partial charge on any atom is 0.261 e. The van der Waals surface area contributed by atoms with Crippen molar-refractivity contribution in [1.29, 1.82) is 5.41 Å². The lowest BCUT2D eigenvalue weighted by Crippen LogP contribution is -2.29. The highest BCUT2D eigenvalue weighted by Gasteiger charge is 2.34. The third-order valence-electron chi connectivity index (χ3n) is 6.04. The fourth-order valence-electron chi connectivity index (χ4n) is 4.54. The summed E-state index contributed by atoms with van der Waals surface area (Å²) >= 11 is 0. The SMILES string of the molecule is CC(C)CN1Cc2cc(NC(=N)c3c(NC4CCCCC4)cc[nH]c3=O)ccc2S1(=O)=O. The molecular weight excluding hydrogens is 426 g/mol. The lowest BCUT2D eigenvalue weighted by molar-refractivity contribution is 0.376. The minimum Gasteiger partial charge on any atom is -0.382 e. The Bertz CT molecular complexity index is 1170. The molecule has 0 radical (unpaired) electrons. The van der Waals surface area contributed by atoms with Crippen LogP contribution in [-0.4, -0.2) is 36.1 Å². The summed E-state index contributed by atoms with van der Waals surface area (Å²) in [7, 11) is -3.48. The number of sulfonamides is 1. The van der Waals surface area contributed by atoms with Gasteiger partial charge in [-0.25, -0.2) is 8.42 Å². The molecule has 1 aliphatic carbocycles. The zero-order valence-electron chi connectivity index (χ0n) is 18.6. The Morgan fingerprint density at radius 2 is 1.97 bits per heavy atom. The van der Waals surface area contributed by atoms with Crippen LogP contribution in [0.4, 0.5) is 11.4 Å². The molecule has 9 heteroatoms. The number of nitrogens with zero attached hydrogens (tertiary/aromatic N) is 1. The Morgan fingerprint density at radius 1 is 1.22 bits per heavy atom.